The predicted octanol–water partition coefficient (Wildman–Crippen LogP) is 4.08. The average molecular weight is 343 g/mol. The van der Waals surface area contributed by atoms with Crippen LogP contribution in [0.15, 0.2) is 12.1 Å². The van der Waals surface area contributed by atoms with Gasteiger partial charge in [0.2, 0.25) is 5.91 Å². The second-order valence-electron chi connectivity index (χ2n) is 7.02. The Bertz CT molecular complexity index is 541. The van der Waals surface area contributed by atoms with Gasteiger partial charge in [0, 0.05) is 31.8 Å². The highest BCUT2D eigenvalue weighted by Gasteiger charge is 2.20. The molecule has 1 heterocycles. The van der Waals surface area contributed by atoms with Crippen LogP contribution in [0, 0.1) is 11.2 Å². The van der Waals surface area contributed by atoms with Crippen molar-refractivity contribution in [1.29, 1.82) is 0 Å². The molecule has 1 amide bonds. The van der Waals surface area contributed by atoms with Gasteiger partial charge < -0.3 is 15.0 Å². The second-order valence-corrected chi connectivity index (χ2v) is 7.43. The molecule has 0 aliphatic carbocycles. The zero-order valence-corrected chi connectivity index (χ0v) is 14.7. The molecule has 1 aliphatic rings. The molecule has 1 aromatic rings. The van der Waals surface area contributed by atoms with Gasteiger partial charge in [0.05, 0.1) is 17.3 Å². The maximum atomic E-state index is 14.4. The Kier molecular flexibility index (Phi) is 5.87. The number of carbonyl (C=O) groups is 1. The SMILES string of the molecule is CC(C)(C)CC(=O)Nc1c(F)cc(N2CCCOCC2)cc1Cl. The number of nitrogens with one attached hydrogen (secondary N) is 1. The zero-order valence-electron chi connectivity index (χ0n) is 13.9. The monoisotopic (exact) mass is 342 g/mol. The highest BCUT2D eigenvalue weighted by atomic mass is 35.5. The smallest absolute Gasteiger partial charge is 0.225 e. The molecule has 0 bridgehead atoms. The van der Waals surface area contributed by atoms with E-state index in [9.17, 15) is 9.18 Å². The summed E-state index contributed by atoms with van der Waals surface area (Å²) in [6, 6.07) is 3.12. The van der Waals surface area contributed by atoms with Crippen LogP contribution in [0.5, 0.6) is 0 Å². The van der Waals surface area contributed by atoms with Crippen LogP contribution in [0.2, 0.25) is 5.02 Å². The van der Waals surface area contributed by atoms with E-state index in [0.717, 1.165) is 13.0 Å². The van der Waals surface area contributed by atoms with Gasteiger partial charge in [0.15, 0.2) is 0 Å². The number of ether oxygens (including phenoxy) is 1. The van der Waals surface area contributed by atoms with Crippen LogP contribution in [-0.4, -0.2) is 32.2 Å². The first-order valence-corrected chi connectivity index (χ1v) is 8.26. The first-order valence-electron chi connectivity index (χ1n) is 7.88. The van der Waals surface area contributed by atoms with Crippen molar-refractivity contribution in [3.63, 3.8) is 0 Å². The molecule has 2 rings (SSSR count). The number of rotatable bonds is 3. The molecule has 0 aromatic heterocycles. The van der Waals surface area contributed by atoms with Crippen LogP contribution in [0.1, 0.15) is 33.6 Å². The van der Waals surface area contributed by atoms with Crippen molar-refractivity contribution in [1.82, 2.24) is 0 Å². The third-order valence-electron chi connectivity index (χ3n) is 3.57. The molecule has 0 radical (unpaired) electrons. The van der Waals surface area contributed by atoms with E-state index < -0.39 is 5.82 Å². The van der Waals surface area contributed by atoms with Crippen molar-refractivity contribution < 1.29 is 13.9 Å². The summed E-state index contributed by atoms with van der Waals surface area (Å²) in [6.07, 6.45) is 1.19. The molecule has 0 unspecified atom stereocenters. The number of anilines is 2. The lowest BCUT2D eigenvalue weighted by Gasteiger charge is -2.23. The molecule has 6 heteroatoms. The van der Waals surface area contributed by atoms with Crippen LogP contribution in [0.25, 0.3) is 0 Å². The normalized spacial score (nSPS) is 16.1. The molecule has 0 saturated carbocycles. The van der Waals surface area contributed by atoms with Gasteiger partial charge in [-0.05, 0) is 24.0 Å². The van der Waals surface area contributed by atoms with E-state index in [4.69, 9.17) is 16.3 Å². The van der Waals surface area contributed by atoms with Crippen LogP contribution >= 0.6 is 11.6 Å². The lowest BCUT2D eigenvalue weighted by molar-refractivity contribution is -0.117. The molecule has 0 atom stereocenters. The Morgan fingerprint density at radius 3 is 2.74 bits per heavy atom. The lowest BCUT2D eigenvalue weighted by Crippen LogP contribution is -2.26. The summed E-state index contributed by atoms with van der Waals surface area (Å²) in [4.78, 5) is 14.0. The fourth-order valence-electron chi connectivity index (χ4n) is 2.53. The number of hydrogen-bond acceptors (Lipinski definition) is 3. The predicted molar refractivity (Wildman–Crippen MR) is 91.8 cm³/mol. The van der Waals surface area contributed by atoms with Gasteiger partial charge >= 0.3 is 0 Å². The molecule has 1 aliphatic heterocycles. The Balaban J connectivity index is 2.15. The highest BCUT2D eigenvalue weighted by molar-refractivity contribution is 6.34. The highest BCUT2D eigenvalue weighted by Crippen LogP contribution is 2.32. The zero-order chi connectivity index (χ0) is 17.0. The van der Waals surface area contributed by atoms with Gasteiger partial charge in [-0.3, -0.25) is 4.79 Å². The fourth-order valence-corrected chi connectivity index (χ4v) is 2.78. The molecule has 1 aromatic carbocycles. The first-order chi connectivity index (χ1) is 10.8. The van der Waals surface area contributed by atoms with Gasteiger partial charge in [-0.25, -0.2) is 4.39 Å². The van der Waals surface area contributed by atoms with E-state index in [1.165, 1.54) is 6.07 Å². The molecule has 23 heavy (non-hydrogen) atoms. The van der Waals surface area contributed by atoms with Crippen LogP contribution in [0.4, 0.5) is 15.8 Å². The quantitative estimate of drug-likeness (QED) is 0.899. The summed E-state index contributed by atoms with van der Waals surface area (Å²) in [7, 11) is 0. The third kappa shape index (κ3) is 5.36. The molecule has 128 valence electrons. The minimum absolute atomic E-state index is 0.0516. The molecule has 1 N–H and O–H groups in total. The van der Waals surface area contributed by atoms with Crippen molar-refractivity contribution in [2.45, 2.75) is 33.6 Å². The van der Waals surface area contributed by atoms with Crippen LogP contribution in [0.3, 0.4) is 0 Å². The van der Waals surface area contributed by atoms with Gasteiger partial charge in [0.1, 0.15) is 5.82 Å². The minimum atomic E-state index is -0.514. The number of amides is 1. The number of benzene rings is 1. The van der Waals surface area contributed by atoms with Gasteiger partial charge in [0.25, 0.3) is 0 Å². The number of nitrogens with zero attached hydrogens (tertiary/aromatic N) is 1. The number of hydrogen-bond donors (Lipinski definition) is 1. The van der Waals surface area contributed by atoms with E-state index >= 15 is 0 Å². The Labute approximate surface area is 141 Å². The number of halogens is 2. The third-order valence-corrected chi connectivity index (χ3v) is 3.87. The van der Waals surface area contributed by atoms with E-state index in [1.807, 2.05) is 25.7 Å². The Morgan fingerprint density at radius 2 is 2.09 bits per heavy atom. The van der Waals surface area contributed by atoms with Crippen molar-refractivity contribution in [3.8, 4) is 0 Å². The van der Waals surface area contributed by atoms with E-state index in [0.29, 0.717) is 31.9 Å². The summed E-state index contributed by atoms with van der Waals surface area (Å²) in [5, 5.41) is 2.80. The molecule has 1 saturated heterocycles. The average Bonchev–Trinajstić information content (AvgIpc) is 2.69. The van der Waals surface area contributed by atoms with Gasteiger partial charge in [-0.15, -0.1) is 0 Å². The summed E-state index contributed by atoms with van der Waals surface area (Å²) < 4.78 is 19.8. The van der Waals surface area contributed by atoms with Crippen LogP contribution < -0.4 is 10.2 Å². The fraction of sp³-hybridized carbons (Fsp3) is 0.588. The molecule has 4 nitrogen and oxygen atoms in total. The summed E-state index contributed by atoms with van der Waals surface area (Å²) >= 11 is 6.20. The summed E-state index contributed by atoms with van der Waals surface area (Å²) in [5.74, 6) is -0.755. The van der Waals surface area contributed by atoms with Gasteiger partial charge in [-0.1, -0.05) is 32.4 Å². The number of carbonyl (C=O) groups excluding carboxylic acids is 1. The largest absolute Gasteiger partial charge is 0.380 e. The Hall–Kier alpha value is -1.33. The van der Waals surface area contributed by atoms with E-state index in [-0.39, 0.29) is 22.0 Å². The van der Waals surface area contributed by atoms with Crippen molar-refractivity contribution in [2.75, 3.05) is 36.5 Å². The van der Waals surface area contributed by atoms with Crippen molar-refractivity contribution in [2.24, 2.45) is 5.41 Å². The first kappa shape index (κ1) is 18.0. The topological polar surface area (TPSA) is 41.6 Å². The molecule has 1 fully saturated rings. The second kappa shape index (κ2) is 7.49. The lowest BCUT2D eigenvalue weighted by atomic mass is 9.92. The Morgan fingerprint density at radius 1 is 1.35 bits per heavy atom. The summed E-state index contributed by atoms with van der Waals surface area (Å²) in [6.45, 7) is 8.69. The molecular weight excluding hydrogens is 319 g/mol. The van der Waals surface area contributed by atoms with Crippen molar-refractivity contribution >= 4 is 28.9 Å². The van der Waals surface area contributed by atoms with Crippen LogP contribution in [-0.2, 0) is 9.53 Å². The minimum Gasteiger partial charge on any atom is -0.380 e. The maximum Gasteiger partial charge on any atom is 0.225 e. The summed E-state index contributed by atoms with van der Waals surface area (Å²) in [5.41, 5.74) is 0.599. The van der Waals surface area contributed by atoms with E-state index in [2.05, 4.69) is 5.32 Å². The standard InChI is InChI=1S/C17H24ClFN2O2/c1-17(2,3)11-15(22)20-16-13(18)9-12(10-14(16)19)21-5-4-7-23-8-6-21/h9-10H,4-8,11H2,1-3H3,(H,20,22). The molecule has 0 spiro atoms. The van der Waals surface area contributed by atoms with Crippen molar-refractivity contribution in [3.05, 3.63) is 23.0 Å². The maximum absolute atomic E-state index is 14.4. The van der Waals surface area contributed by atoms with Gasteiger partial charge in [-0.2, -0.15) is 0 Å². The molecular formula is C17H24ClFN2O2. The van der Waals surface area contributed by atoms with E-state index in [1.54, 1.807) is 6.07 Å².